The zero-order valence-electron chi connectivity index (χ0n) is 17.9. The minimum atomic E-state index is -0.699. The Morgan fingerprint density at radius 3 is 2.30 bits per heavy atom. The van der Waals surface area contributed by atoms with E-state index in [4.69, 9.17) is 4.74 Å². The highest BCUT2D eigenvalue weighted by Crippen LogP contribution is 2.26. The van der Waals surface area contributed by atoms with E-state index in [9.17, 15) is 24.5 Å². The first-order valence-electron chi connectivity index (χ1n) is 10.8. The van der Waals surface area contributed by atoms with Crippen LogP contribution in [0.25, 0.3) is 6.08 Å². The quantitative estimate of drug-likeness (QED) is 0.308. The molecular formula is C24H23N3O6. The molecule has 4 amide bonds. The van der Waals surface area contributed by atoms with Crippen LogP contribution in [0.5, 0.6) is 5.75 Å². The Bertz CT molecular complexity index is 1100. The third-order valence-corrected chi connectivity index (χ3v) is 5.82. The van der Waals surface area contributed by atoms with Gasteiger partial charge in [0.05, 0.1) is 4.92 Å². The lowest BCUT2D eigenvalue weighted by Gasteiger charge is -2.35. The number of barbiturate groups is 1. The molecule has 1 heterocycles. The smallest absolute Gasteiger partial charge is 0.331 e. The Balaban J connectivity index is 1.43. The first kappa shape index (κ1) is 22.2. The van der Waals surface area contributed by atoms with Crippen LogP contribution in [0.2, 0.25) is 0 Å². The number of hydrogen-bond donors (Lipinski definition) is 1. The molecule has 9 heteroatoms. The van der Waals surface area contributed by atoms with Crippen molar-refractivity contribution in [1.29, 1.82) is 0 Å². The van der Waals surface area contributed by atoms with Crippen molar-refractivity contribution in [2.45, 2.75) is 44.8 Å². The van der Waals surface area contributed by atoms with Gasteiger partial charge in [-0.3, -0.25) is 29.9 Å². The number of nitro groups is 1. The predicted molar refractivity (Wildman–Crippen MR) is 119 cm³/mol. The molecule has 2 aliphatic rings. The van der Waals surface area contributed by atoms with Gasteiger partial charge in [-0.25, -0.2) is 4.79 Å². The van der Waals surface area contributed by atoms with Gasteiger partial charge in [0.15, 0.2) is 0 Å². The maximum atomic E-state index is 13.0. The van der Waals surface area contributed by atoms with Gasteiger partial charge < -0.3 is 4.74 Å². The third-order valence-electron chi connectivity index (χ3n) is 5.82. The van der Waals surface area contributed by atoms with Crippen LogP contribution in [0.15, 0.2) is 54.1 Å². The molecule has 1 aliphatic heterocycles. The first-order valence-corrected chi connectivity index (χ1v) is 10.8. The molecule has 0 unspecified atom stereocenters. The van der Waals surface area contributed by atoms with Crippen molar-refractivity contribution >= 4 is 29.6 Å². The number of urea groups is 1. The fourth-order valence-electron chi connectivity index (χ4n) is 4.05. The van der Waals surface area contributed by atoms with Crippen LogP contribution in [0.1, 0.15) is 43.2 Å². The van der Waals surface area contributed by atoms with Crippen molar-refractivity contribution in [2.24, 2.45) is 0 Å². The SMILES string of the molecule is O=C1NC(=O)N(C2CCCCC2)C(=O)C1=Cc1ccc(OCc2ccc([N+](=O)[O-])cc2)cc1. The monoisotopic (exact) mass is 449 g/mol. The molecule has 1 N–H and O–H groups in total. The molecule has 2 aromatic rings. The van der Waals surface area contributed by atoms with Crippen molar-refractivity contribution in [1.82, 2.24) is 10.2 Å². The van der Waals surface area contributed by atoms with Crippen LogP contribution < -0.4 is 10.1 Å². The maximum Gasteiger partial charge on any atom is 0.331 e. The van der Waals surface area contributed by atoms with Crippen LogP contribution in [0.4, 0.5) is 10.5 Å². The molecule has 9 nitrogen and oxygen atoms in total. The Kier molecular flexibility index (Phi) is 6.48. The summed E-state index contributed by atoms with van der Waals surface area (Å²) in [6.07, 6.45) is 5.97. The summed E-state index contributed by atoms with van der Waals surface area (Å²) in [6, 6.07) is 12.1. The molecule has 170 valence electrons. The summed E-state index contributed by atoms with van der Waals surface area (Å²) in [6.45, 7) is 0.234. The summed E-state index contributed by atoms with van der Waals surface area (Å²) in [4.78, 5) is 49.0. The molecule has 1 aliphatic carbocycles. The number of carbonyl (C=O) groups is 3. The van der Waals surface area contributed by atoms with E-state index in [0.29, 0.717) is 11.3 Å². The van der Waals surface area contributed by atoms with Crippen LogP contribution in [-0.2, 0) is 16.2 Å². The van der Waals surface area contributed by atoms with E-state index in [-0.39, 0.29) is 23.9 Å². The van der Waals surface area contributed by atoms with Gasteiger partial charge >= 0.3 is 6.03 Å². The average Bonchev–Trinajstić information content (AvgIpc) is 2.82. The van der Waals surface area contributed by atoms with Gasteiger partial charge in [0, 0.05) is 18.2 Å². The maximum absolute atomic E-state index is 13.0. The van der Waals surface area contributed by atoms with Crippen molar-refractivity contribution in [2.75, 3.05) is 0 Å². The first-order chi connectivity index (χ1) is 15.9. The van der Waals surface area contributed by atoms with E-state index in [2.05, 4.69) is 5.32 Å². The number of nitrogens with zero attached hydrogens (tertiary/aromatic N) is 2. The normalized spacial score (nSPS) is 18.4. The average molecular weight is 449 g/mol. The number of ether oxygens (including phenoxy) is 1. The second kappa shape index (κ2) is 9.64. The number of rotatable bonds is 6. The van der Waals surface area contributed by atoms with Crippen LogP contribution in [0, 0.1) is 10.1 Å². The van der Waals surface area contributed by atoms with E-state index in [1.54, 1.807) is 36.4 Å². The van der Waals surface area contributed by atoms with E-state index in [1.807, 2.05) is 0 Å². The number of imide groups is 2. The highest BCUT2D eigenvalue weighted by molar-refractivity contribution is 6.31. The number of amides is 4. The highest BCUT2D eigenvalue weighted by Gasteiger charge is 2.40. The fraction of sp³-hybridized carbons (Fsp3) is 0.292. The number of carbonyl (C=O) groups excluding carboxylic acids is 3. The highest BCUT2D eigenvalue weighted by atomic mass is 16.6. The van der Waals surface area contributed by atoms with Crippen molar-refractivity contribution in [3.8, 4) is 5.75 Å². The van der Waals surface area contributed by atoms with E-state index >= 15 is 0 Å². The molecule has 33 heavy (non-hydrogen) atoms. The molecule has 0 aromatic heterocycles. The molecule has 2 fully saturated rings. The Morgan fingerprint density at radius 2 is 1.67 bits per heavy atom. The van der Waals surface area contributed by atoms with Gasteiger partial charge in [-0.15, -0.1) is 0 Å². The molecule has 1 saturated carbocycles. The lowest BCUT2D eigenvalue weighted by Crippen LogP contribution is -2.58. The second-order valence-electron chi connectivity index (χ2n) is 8.07. The summed E-state index contributed by atoms with van der Waals surface area (Å²) in [7, 11) is 0. The molecule has 0 bridgehead atoms. The van der Waals surface area contributed by atoms with Crippen molar-refractivity contribution in [3.05, 3.63) is 75.3 Å². The molecule has 0 atom stereocenters. The molecular weight excluding hydrogens is 426 g/mol. The van der Waals surface area contributed by atoms with E-state index in [0.717, 1.165) is 37.7 Å². The fourth-order valence-corrected chi connectivity index (χ4v) is 4.05. The zero-order chi connectivity index (χ0) is 23.4. The molecule has 0 spiro atoms. The van der Waals surface area contributed by atoms with Crippen LogP contribution >= 0.6 is 0 Å². The standard InChI is InChI=1S/C24H23N3O6/c28-22-21(23(29)26(24(30)25-22)18-4-2-1-3-5-18)14-16-8-12-20(13-9-16)33-15-17-6-10-19(11-7-17)27(31)32/h6-14,18H,1-5,15H2,(H,25,28,30). The second-order valence-corrected chi connectivity index (χ2v) is 8.07. The Hall–Kier alpha value is -4.01. The van der Waals surface area contributed by atoms with Gasteiger partial charge in [0.2, 0.25) is 0 Å². The lowest BCUT2D eigenvalue weighted by atomic mass is 9.93. The van der Waals surface area contributed by atoms with Crippen molar-refractivity contribution < 1.29 is 24.0 Å². The molecule has 1 saturated heterocycles. The van der Waals surface area contributed by atoms with E-state index in [1.165, 1.54) is 23.1 Å². The van der Waals surface area contributed by atoms with Crippen molar-refractivity contribution in [3.63, 3.8) is 0 Å². The van der Waals surface area contributed by atoms with Crippen LogP contribution in [-0.4, -0.2) is 33.7 Å². The summed E-state index contributed by atoms with van der Waals surface area (Å²) < 4.78 is 5.70. The minimum absolute atomic E-state index is 0.0150. The number of nitro benzene ring substituents is 1. The number of hydrogen-bond acceptors (Lipinski definition) is 6. The molecule has 0 radical (unpaired) electrons. The molecule has 2 aromatic carbocycles. The number of nitrogens with one attached hydrogen (secondary N) is 1. The van der Waals surface area contributed by atoms with Gasteiger partial charge in [0.1, 0.15) is 17.9 Å². The van der Waals surface area contributed by atoms with Crippen LogP contribution in [0.3, 0.4) is 0 Å². The summed E-state index contributed by atoms with van der Waals surface area (Å²) >= 11 is 0. The number of non-ortho nitro benzene ring substituents is 1. The third kappa shape index (κ3) is 5.08. The topological polar surface area (TPSA) is 119 Å². The minimum Gasteiger partial charge on any atom is -0.489 e. The Morgan fingerprint density at radius 1 is 1.00 bits per heavy atom. The largest absolute Gasteiger partial charge is 0.489 e. The zero-order valence-corrected chi connectivity index (χ0v) is 17.9. The number of benzene rings is 2. The molecule has 4 rings (SSSR count). The predicted octanol–water partition coefficient (Wildman–Crippen LogP) is 3.97. The lowest BCUT2D eigenvalue weighted by molar-refractivity contribution is -0.384. The Labute approximate surface area is 190 Å². The van der Waals surface area contributed by atoms with E-state index < -0.39 is 22.8 Å². The van der Waals surface area contributed by atoms with Gasteiger partial charge in [0.25, 0.3) is 17.5 Å². The van der Waals surface area contributed by atoms with Gasteiger partial charge in [-0.1, -0.05) is 31.4 Å². The van der Waals surface area contributed by atoms with Gasteiger partial charge in [-0.05, 0) is 54.3 Å². The summed E-state index contributed by atoms with van der Waals surface area (Å²) in [5.41, 5.74) is 1.35. The summed E-state index contributed by atoms with van der Waals surface area (Å²) in [5.74, 6) is -0.696. The summed E-state index contributed by atoms with van der Waals surface area (Å²) in [5, 5.41) is 13.0. The van der Waals surface area contributed by atoms with Gasteiger partial charge in [-0.2, -0.15) is 0 Å².